The largest absolute Gasteiger partial charge is 0.464 e. The van der Waals surface area contributed by atoms with Gasteiger partial charge in [-0.25, -0.2) is 0 Å². The third kappa shape index (κ3) is 2.71. The van der Waals surface area contributed by atoms with Crippen LogP contribution in [0.4, 0.5) is 0 Å². The van der Waals surface area contributed by atoms with Crippen LogP contribution in [-0.4, -0.2) is 37.0 Å². The maximum Gasteiger partial charge on any atom is 0.134 e. The minimum Gasteiger partial charge on any atom is -0.464 e. The molecule has 2 rings (SSSR count). The van der Waals surface area contributed by atoms with Crippen molar-refractivity contribution >= 4 is 22.7 Å². The fraction of sp³-hybridized carbons (Fsp3) is 0.429. The standard InChI is InChI=1S/C14H20N2OS/c1-16(7-8-18-2)13(9-15)12-10-17-14-6-4-3-5-11(12)14/h3-6,10,13H,7-9,15H2,1-2H3. The molecule has 0 saturated carbocycles. The van der Waals surface area contributed by atoms with E-state index in [9.17, 15) is 0 Å². The SMILES string of the molecule is CSCCN(C)C(CN)c1coc2ccccc12. The molecule has 0 aliphatic heterocycles. The highest BCUT2D eigenvalue weighted by Gasteiger charge is 2.19. The first-order valence-corrected chi connectivity index (χ1v) is 7.52. The van der Waals surface area contributed by atoms with Crippen molar-refractivity contribution in [3.63, 3.8) is 0 Å². The Morgan fingerprint density at radius 2 is 2.17 bits per heavy atom. The summed E-state index contributed by atoms with van der Waals surface area (Å²) in [6, 6.07) is 8.34. The highest BCUT2D eigenvalue weighted by Crippen LogP contribution is 2.28. The summed E-state index contributed by atoms with van der Waals surface area (Å²) in [5.41, 5.74) is 8.06. The number of nitrogens with zero attached hydrogens (tertiary/aromatic N) is 1. The lowest BCUT2D eigenvalue weighted by Gasteiger charge is -2.26. The van der Waals surface area contributed by atoms with Gasteiger partial charge in [-0.1, -0.05) is 18.2 Å². The Labute approximate surface area is 112 Å². The average Bonchev–Trinajstić information content (AvgIpc) is 2.81. The first-order chi connectivity index (χ1) is 8.77. The van der Waals surface area contributed by atoms with E-state index in [1.54, 1.807) is 0 Å². The molecule has 0 bridgehead atoms. The predicted molar refractivity (Wildman–Crippen MR) is 79.0 cm³/mol. The summed E-state index contributed by atoms with van der Waals surface area (Å²) in [6.07, 6.45) is 3.97. The Morgan fingerprint density at radius 1 is 1.39 bits per heavy atom. The molecule has 4 heteroatoms. The van der Waals surface area contributed by atoms with Gasteiger partial charge in [-0.3, -0.25) is 4.90 Å². The lowest BCUT2D eigenvalue weighted by Crippen LogP contribution is -2.32. The fourth-order valence-electron chi connectivity index (χ4n) is 2.19. The van der Waals surface area contributed by atoms with Crippen molar-refractivity contribution < 1.29 is 4.42 Å². The molecule has 1 aromatic carbocycles. The maximum atomic E-state index is 5.94. The number of benzene rings is 1. The molecule has 1 atom stereocenters. The fourth-order valence-corrected chi connectivity index (χ4v) is 2.66. The molecular weight excluding hydrogens is 244 g/mol. The van der Waals surface area contributed by atoms with Gasteiger partial charge in [0.25, 0.3) is 0 Å². The van der Waals surface area contributed by atoms with Gasteiger partial charge in [-0.05, 0) is 19.4 Å². The van der Waals surface area contributed by atoms with Crippen molar-refractivity contribution in [3.8, 4) is 0 Å². The summed E-state index contributed by atoms with van der Waals surface area (Å²) in [5, 5.41) is 1.17. The van der Waals surface area contributed by atoms with E-state index in [0.717, 1.165) is 17.9 Å². The van der Waals surface area contributed by atoms with Gasteiger partial charge in [-0.15, -0.1) is 0 Å². The molecule has 18 heavy (non-hydrogen) atoms. The molecule has 0 fully saturated rings. The lowest BCUT2D eigenvalue weighted by atomic mass is 10.0. The lowest BCUT2D eigenvalue weighted by molar-refractivity contribution is 0.265. The van der Waals surface area contributed by atoms with Gasteiger partial charge in [-0.2, -0.15) is 11.8 Å². The number of para-hydroxylation sites is 1. The molecule has 0 amide bonds. The van der Waals surface area contributed by atoms with Gasteiger partial charge < -0.3 is 10.2 Å². The molecule has 0 saturated heterocycles. The zero-order valence-corrected chi connectivity index (χ0v) is 11.7. The monoisotopic (exact) mass is 264 g/mol. The van der Waals surface area contributed by atoms with Crippen LogP contribution in [0.1, 0.15) is 11.6 Å². The van der Waals surface area contributed by atoms with E-state index in [-0.39, 0.29) is 6.04 Å². The third-order valence-corrected chi connectivity index (χ3v) is 3.86. The van der Waals surface area contributed by atoms with Crippen LogP contribution in [0.2, 0.25) is 0 Å². The molecule has 1 heterocycles. The van der Waals surface area contributed by atoms with Gasteiger partial charge in [0.15, 0.2) is 0 Å². The van der Waals surface area contributed by atoms with E-state index in [4.69, 9.17) is 10.2 Å². The second-order valence-corrected chi connectivity index (χ2v) is 5.40. The van der Waals surface area contributed by atoms with Gasteiger partial charge >= 0.3 is 0 Å². The molecule has 0 aliphatic carbocycles. The number of furan rings is 1. The third-order valence-electron chi connectivity index (χ3n) is 3.27. The van der Waals surface area contributed by atoms with E-state index in [0.29, 0.717) is 6.54 Å². The van der Waals surface area contributed by atoms with Crippen molar-refractivity contribution in [2.24, 2.45) is 5.73 Å². The molecule has 0 spiro atoms. The molecule has 1 aromatic heterocycles. The second-order valence-electron chi connectivity index (χ2n) is 4.41. The quantitative estimate of drug-likeness (QED) is 0.871. The summed E-state index contributed by atoms with van der Waals surface area (Å²) >= 11 is 1.85. The van der Waals surface area contributed by atoms with Gasteiger partial charge in [0.2, 0.25) is 0 Å². The molecule has 1 unspecified atom stereocenters. The number of hydrogen-bond acceptors (Lipinski definition) is 4. The molecule has 98 valence electrons. The number of hydrogen-bond donors (Lipinski definition) is 1. The maximum absolute atomic E-state index is 5.94. The highest BCUT2D eigenvalue weighted by atomic mass is 32.2. The van der Waals surface area contributed by atoms with Crippen molar-refractivity contribution in [2.75, 3.05) is 32.1 Å². The first kappa shape index (κ1) is 13.5. The van der Waals surface area contributed by atoms with Crippen LogP contribution in [0, 0.1) is 0 Å². The van der Waals surface area contributed by atoms with Crippen molar-refractivity contribution in [1.29, 1.82) is 0 Å². The van der Waals surface area contributed by atoms with E-state index in [2.05, 4.69) is 24.3 Å². The van der Waals surface area contributed by atoms with Gasteiger partial charge in [0.05, 0.1) is 12.3 Å². The molecule has 2 aromatic rings. The normalized spacial score (nSPS) is 13.3. The van der Waals surface area contributed by atoms with E-state index < -0.39 is 0 Å². The summed E-state index contributed by atoms with van der Waals surface area (Å²) in [7, 11) is 2.12. The molecule has 0 radical (unpaired) electrons. The summed E-state index contributed by atoms with van der Waals surface area (Å²) in [6.45, 7) is 1.64. The number of likely N-dealkylation sites (N-methyl/N-ethyl adjacent to an activating group) is 1. The van der Waals surface area contributed by atoms with E-state index in [1.807, 2.05) is 36.2 Å². The highest BCUT2D eigenvalue weighted by molar-refractivity contribution is 7.98. The van der Waals surface area contributed by atoms with Crippen LogP contribution in [0.15, 0.2) is 34.9 Å². The Balaban J connectivity index is 2.26. The number of fused-ring (bicyclic) bond motifs is 1. The molecular formula is C14H20N2OS. The summed E-state index contributed by atoms with van der Waals surface area (Å²) in [5.74, 6) is 1.11. The van der Waals surface area contributed by atoms with Crippen LogP contribution >= 0.6 is 11.8 Å². The average molecular weight is 264 g/mol. The van der Waals surface area contributed by atoms with E-state index >= 15 is 0 Å². The zero-order chi connectivity index (χ0) is 13.0. The second kappa shape index (κ2) is 6.27. The predicted octanol–water partition coefficient (Wildman–Crippen LogP) is 2.73. The summed E-state index contributed by atoms with van der Waals surface area (Å²) in [4.78, 5) is 2.30. The topological polar surface area (TPSA) is 42.4 Å². The Kier molecular flexibility index (Phi) is 4.69. The zero-order valence-electron chi connectivity index (χ0n) is 10.9. The minimum absolute atomic E-state index is 0.223. The van der Waals surface area contributed by atoms with Crippen molar-refractivity contribution in [3.05, 3.63) is 36.1 Å². The van der Waals surface area contributed by atoms with Crippen LogP contribution in [0.25, 0.3) is 11.0 Å². The molecule has 3 nitrogen and oxygen atoms in total. The number of nitrogens with two attached hydrogens (primary N) is 1. The van der Waals surface area contributed by atoms with Crippen LogP contribution < -0.4 is 5.73 Å². The summed E-state index contributed by atoms with van der Waals surface area (Å²) < 4.78 is 5.60. The number of rotatable bonds is 6. The Hall–Kier alpha value is -0.970. The first-order valence-electron chi connectivity index (χ1n) is 6.13. The smallest absolute Gasteiger partial charge is 0.134 e. The van der Waals surface area contributed by atoms with Crippen molar-refractivity contribution in [2.45, 2.75) is 6.04 Å². The van der Waals surface area contributed by atoms with Crippen LogP contribution in [-0.2, 0) is 0 Å². The number of thioether (sulfide) groups is 1. The van der Waals surface area contributed by atoms with Gasteiger partial charge in [0.1, 0.15) is 5.58 Å². The Bertz CT molecular complexity index is 497. The van der Waals surface area contributed by atoms with Crippen molar-refractivity contribution in [1.82, 2.24) is 4.90 Å². The molecule has 0 aliphatic rings. The van der Waals surface area contributed by atoms with E-state index in [1.165, 1.54) is 10.9 Å². The Morgan fingerprint density at radius 3 is 2.89 bits per heavy atom. The van der Waals surface area contributed by atoms with Gasteiger partial charge in [0, 0.05) is 29.8 Å². The van der Waals surface area contributed by atoms with Crippen LogP contribution in [0.5, 0.6) is 0 Å². The minimum atomic E-state index is 0.223. The van der Waals surface area contributed by atoms with Crippen LogP contribution in [0.3, 0.4) is 0 Å². The molecule has 2 N–H and O–H groups in total.